The first-order valence-corrected chi connectivity index (χ1v) is 51.8. The molecule has 656 valence electrons. The van der Waals surface area contributed by atoms with Crippen LogP contribution in [0.4, 0.5) is 13.2 Å². The van der Waals surface area contributed by atoms with Crippen LogP contribution in [0.1, 0.15) is 114 Å². The van der Waals surface area contributed by atoms with Crippen LogP contribution in [0.2, 0.25) is 15.1 Å². The summed E-state index contributed by atoms with van der Waals surface area (Å²) in [4.78, 5) is 42.3. The maximum Gasteiger partial charge on any atom is 0.523 e. The number of benzene rings is 9. The van der Waals surface area contributed by atoms with Gasteiger partial charge in [-0.2, -0.15) is 21.6 Å². The van der Waals surface area contributed by atoms with Crippen LogP contribution in [-0.4, -0.2) is 172 Å². The summed E-state index contributed by atoms with van der Waals surface area (Å²) in [6, 6.07) is 85.5. The summed E-state index contributed by atoms with van der Waals surface area (Å²) in [5.74, 6) is -2.89. The van der Waals surface area contributed by atoms with Crippen LogP contribution in [-0.2, 0) is 56.0 Å². The first-order chi connectivity index (χ1) is 58.5. The van der Waals surface area contributed by atoms with Crippen molar-refractivity contribution in [3.63, 3.8) is 0 Å². The summed E-state index contributed by atoms with van der Waals surface area (Å²) in [6.07, 6.45) is -2.66. The summed E-state index contributed by atoms with van der Waals surface area (Å²) in [5, 5.41) is 21.1. The van der Waals surface area contributed by atoms with E-state index in [0.29, 0.717) is 11.1 Å². The second-order valence-electron chi connectivity index (χ2n) is 33.7. The fraction of sp³-hybridized carbons (Fsp3) is 0.394. The number of rotatable bonds is 27. The van der Waals surface area contributed by atoms with Gasteiger partial charge in [-0.15, -0.1) is 35.3 Å². The van der Waals surface area contributed by atoms with E-state index in [0.717, 1.165) is 31.1 Å². The minimum Gasteiger partial charge on any atom is -0.458 e. The van der Waals surface area contributed by atoms with Crippen molar-refractivity contribution >= 4 is 119 Å². The number of hydrogen-bond acceptors (Lipinski definition) is 20. The number of aliphatic hydroxyl groups is 1. The molecule has 9 aromatic rings. The van der Waals surface area contributed by atoms with Crippen LogP contribution in [0.25, 0.3) is 10.4 Å². The van der Waals surface area contributed by atoms with Gasteiger partial charge in [0.2, 0.25) is 0 Å². The Balaban J connectivity index is 0.000000194. The highest BCUT2D eigenvalue weighted by Crippen LogP contribution is 2.45. The van der Waals surface area contributed by atoms with Gasteiger partial charge in [-0.25, -0.2) is 14.4 Å². The summed E-state index contributed by atoms with van der Waals surface area (Å²) < 4.78 is 129. The molecule has 12 rings (SSSR count). The van der Waals surface area contributed by atoms with E-state index >= 15 is 0 Å². The third kappa shape index (κ3) is 22.4. The summed E-state index contributed by atoms with van der Waals surface area (Å²) >= 11 is 4.35. The maximum atomic E-state index is 13.7. The topological polar surface area (TPSA) is 247 Å². The second-order valence-corrected chi connectivity index (χ2v) is 51.0. The van der Waals surface area contributed by atoms with E-state index in [4.69, 9.17) is 45.9 Å². The Bertz CT molecular complexity index is 4870. The molecular formula is C94H112F3N3O16S4Si3. The molecule has 0 saturated carbocycles. The van der Waals surface area contributed by atoms with E-state index in [-0.39, 0.29) is 58.2 Å². The Labute approximate surface area is 737 Å². The molecule has 0 spiro atoms. The van der Waals surface area contributed by atoms with Gasteiger partial charge in [0.25, 0.3) is 25.0 Å². The second kappa shape index (κ2) is 42.9. The molecule has 0 bridgehead atoms. The predicted octanol–water partition coefficient (Wildman–Crippen LogP) is 16.8. The Morgan fingerprint density at radius 2 is 0.642 bits per heavy atom. The predicted molar refractivity (Wildman–Crippen MR) is 490 cm³/mol. The van der Waals surface area contributed by atoms with E-state index in [1.54, 1.807) is 103 Å². The molecule has 6 unspecified atom stereocenters. The third-order valence-corrected chi connectivity index (χ3v) is 41.8. The van der Waals surface area contributed by atoms with E-state index in [2.05, 4.69) is 100 Å². The SMILES string of the molecule is CS[C@@H]1OC(CO[Si](c2ccccc2)(c2ccccc2)C(C)(C)C)[C@@H](O)[C@H](OC(=O)c2ccccc2)C1C.CS[C@@H]1OC(CO[Si](c2ccccc2)(c2ccccc2)C(C)(C)C)[C@@H](OS(=O)(=O)C(F)(F)F)[C@H](OC(=O)c2ccccc2)C1C.CS[C@@H]1OC(CO[Si](c2ccccc2)(c2ccccc2)C(C)(C)C)[C@H](N=[N+]=[N-])[C@H](OC(=O)c2ccccc2)C1C. The zero-order chi connectivity index (χ0) is 89.1. The van der Waals surface area contributed by atoms with Crippen molar-refractivity contribution in [2.24, 2.45) is 22.9 Å². The first kappa shape index (κ1) is 97.0. The molecular weight excluding hydrogens is 1700 g/mol. The molecule has 123 heavy (non-hydrogen) atoms. The number of nitrogens with zero attached hydrogens (tertiary/aromatic N) is 3. The van der Waals surface area contributed by atoms with Crippen LogP contribution in [0.15, 0.2) is 278 Å². The molecule has 0 aromatic heterocycles. The number of esters is 3. The highest BCUT2D eigenvalue weighted by Gasteiger charge is 2.59. The normalized spacial score (nSPS) is 23.4. The van der Waals surface area contributed by atoms with Crippen LogP contribution in [0.5, 0.6) is 0 Å². The molecule has 0 amide bonds. The van der Waals surface area contributed by atoms with Gasteiger partial charge in [0.05, 0.1) is 42.6 Å². The number of ether oxygens (including phenoxy) is 6. The fourth-order valence-corrected chi connectivity index (χ4v) is 33.5. The van der Waals surface area contributed by atoms with Crippen LogP contribution in [0, 0.1) is 17.8 Å². The Morgan fingerprint density at radius 3 is 0.927 bits per heavy atom. The lowest BCUT2D eigenvalue weighted by atomic mass is 9.91. The van der Waals surface area contributed by atoms with Gasteiger partial charge >= 0.3 is 33.5 Å². The average molecular weight is 1810 g/mol. The minimum absolute atomic E-state index is 0.148. The highest BCUT2D eigenvalue weighted by atomic mass is 32.2. The number of alkyl halides is 3. The summed E-state index contributed by atoms with van der Waals surface area (Å²) in [5.41, 5.74) is 3.68. The lowest BCUT2D eigenvalue weighted by molar-refractivity contribution is -0.180. The number of carbonyl (C=O) groups excluding carboxylic acids is 3. The maximum absolute atomic E-state index is 13.7. The van der Waals surface area contributed by atoms with E-state index in [1.165, 1.54) is 23.9 Å². The Kier molecular flexibility index (Phi) is 33.8. The van der Waals surface area contributed by atoms with Crippen molar-refractivity contribution in [3.05, 3.63) is 300 Å². The largest absolute Gasteiger partial charge is 0.523 e. The van der Waals surface area contributed by atoms with Crippen molar-refractivity contribution in [1.82, 2.24) is 0 Å². The Hall–Kier alpha value is -8.18. The fourth-order valence-electron chi connectivity index (χ4n) is 16.6. The van der Waals surface area contributed by atoms with Gasteiger partial charge in [0, 0.05) is 22.7 Å². The molecule has 19 nitrogen and oxygen atoms in total. The van der Waals surface area contributed by atoms with Gasteiger partial charge in [0.1, 0.15) is 65.1 Å². The molecule has 0 aliphatic carbocycles. The molecule has 1 N–H and O–H groups in total. The van der Waals surface area contributed by atoms with Crippen molar-refractivity contribution < 1.29 is 87.0 Å². The lowest BCUT2D eigenvalue weighted by Gasteiger charge is -2.47. The molecule has 3 aliphatic rings. The number of hydrogen-bond donors (Lipinski definition) is 1. The van der Waals surface area contributed by atoms with Crippen molar-refractivity contribution in [3.8, 4) is 0 Å². The highest BCUT2D eigenvalue weighted by molar-refractivity contribution is 7.99. The third-order valence-electron chi connectivity index (χ3n) is 22.7. The molecule has 0 radical (unpaired) electrons. The van der Waals surface area contributed by atoms with Gasteiger partial charge < -0.3 is 46.8 Å². The van der Waals surface area contributed by atoms with Crippen LogP contribution < -0.4 is 31.1 Å². The number of thioether (sulfide) groups is 3. The summed E-state index contributed by atoms with van der Waals surface area (Å²) in [7, 11) is -15.1. The summed E-state index contributed by atoms with van der Waals surface area (Å²) in [6.45, 7) is 24.9. The number of carbonyl (C=O) groups is 3. The molecule has 3 fully saturated rings. The van der Waals surface area contributed by atoms with E-state index in [1.807, 2.05) is 193 Å². The smallest absolute Gasteiger partial charge is 0.458 e. The van der Waals surface area contributed by atoms with E-state index < -0.39 is 130 Å². The van der Waals surface area contributed by atoms with Gasteiger partial charge in [-0.3, -0.25) is 4.18 Å². The lowest BCUT2D eigenvalue weighted by Crippen LogP contribution is -2.68. The van der Waals surface area contributed by atoms with Crippen molar-refractivity contribution in [2.45, 2.75) is 175 Å². The standard InChI is InChI=1S/C32H37F3O7S2Si.C31H37N3O4SSi.C31H38O5SSi/c1-22-27(41-29(36)23-15-9-6-10-16-23)28(42-44(37,38)32(33,34)35)26(40-30(22)43-5)21-39-45(31(2,3)4,24-17-11-7-12-18-24)25-19-13-8-14-20-25;1-22-28(38-29(35)23-15-9-6-10-16-23)27(33-34-32)26(37-30(22)39-5)21-36-40(31(2,3)4,24-17-11-7-12-18-24)25-19-13-8-14-20-25;1-22-28(36-29(33)23-15-9-6-10-16-23)27(32)26(35-30(22)37-5)21-34-38(31(2,3)4,24-17-11-7-12-18-24)25-19-13-8-14-20-25/h6-20,22,26-28,30H,21H2,1-5H3;6-20,22,26-28,30H,21H2,1-5H3;6-20,22,26-28,30,32H,21H2,1-5H3/t22?,26?,27-,28-,30+;22?,26?,27-,28+,30-;22?,26?,27-,28-,30+/m101/s1. The zero-order valence-electron chi connectivity index (χ0n) is 71.9. The van der Waals surface area contributed by atoms with Crippen LogP contribution in [0.3, 0.4) is 0 Å². The number of azide groups is 1. The van der Waals surface area contributed by atoms with Gasteiger partial charge in [-0.1, -0.05) is 325 Å². The molecule has 9 aromatic carbocycles. The van der Waals surface area contributed by atoms with Gasteiger partial charge in [0.15, 0.2) is 0 Å². The number of halogens is 3. The van der Waals surface area contributed by atoms with Gasteiger partial charge in [-0.05, 0) is 107 Å². The quantitative estimate of drug-likeness (QED) is 0.00734. The minimum atomic E-state index is -6.12. The van der Waals surface area contributed by atoms with E-state index in [9.17, 15) is 46.6 Å². The molecule has 3 heterocycles. The molecule has 15 atom stereocenters. The first-order valence-electron chi connectivity index (χ1n) is 40.8. The molecule has 3 saturated heterocycles. The average Bonchev–Trinajstić information content (AvgIpc) is 0.748. The molecule has 29 heteroatoms. The Morgan fingerprint density at radius 1 is 0.398 bits per heavy atom. The monoisotopic (exact) mass is 1810 g/mol. The van der Waals surface area contributed by atoms with Crippen molar-refractivity contribution in [2.75, 3.05) is 38.6 Å². The van der Waals surface area contributed by atoms with Crippen LogP contribution >= 0.6 is 35.3 Å². The molecule has 3 aliphatic heterocycles. The zero-order valence-corrected chi connectivity index (χ0v) is 78.2. The number of aliphatic hydroxyl groups excluding tert-OH is 1. The van der Waals surface area contributed by atoms with Crippen molar-refractivity contribution in [1.29, 1.82) is 0 Å².